The number of rotatable bonds is 14. The Hall–Kier alpha value is -6.26. The largest absolute Gasteiger partial charge is 0.461 e. The summed E-state index contributed by atoms with van der Waals surface area (Å²) in [4.78, 5) is 51.9. The highest BCUT2D eigenvalue weighted by molar-refractivity contribution is 5.90. The Morgan fingerprint density at radius 1 is 0.636 bits per heavy atom. The van der Waals surface area contributed by atoms with Crippen LogP contribution in [-0.4, -0.2) is 55.1 Å². The molecule has 1 aliphatic heterocycles. The van der Waals surface area contributed by atoms with E-state index in [1.54, 1.807) is 97.1 Å². The molecule has 282 valence electrons. The van der Waals surface area contributed by atoms with Crippen LogP contribution in [0.2, 0.25) is 0 Å². The predicted molar refractivity (Wildman–Crippen MR) is 202 cm³/mol. The highest BCUT2D eigenvalue weighted by Crippen LogP contribution is 2.33. The Kier molecular flexibility index (Phi) is 13.1. The third-order valence-electron chi connectivity index (χ3n) is 9.03. The van der Waals surface area contributed by atoms with E-state index in [0.29, 0.717) is 28.9 Å². The normalized spacial score (nSPS) is 17.7. The molecule has 6 rings (SSSR count). The van der Waals surface area contributed by atoms with Crippen LogP contribution < -0.4 is 4.74 Å². The average molecular weight is 743 g/mol. The topological polar surface area (TPSA) is 124 Å². The zero-order valence-electron chi connectivity index (χ0n) is 30.6. The lowest BCUT2D eigenvalue weighted by Gasteiger charge is -2.40. The predicted octanol–water partition coefficient (Wildman–Crippen LogP) is 7.70. The summed E-state index contributed by atoms with van der Waals surface area (Å²) >= 11 is 0. The summed E-state index contributed by atoms with van der Waals surface area (Å²) in [6.07, 6.45) is -3.16. The van der Waals surface area contributed by atoms with Gasteiger partial charge in [-0.15, -0.1) is 0 Å². The second kappa shape index (κ2) is 18.7. The minimum absolute atomic E-state index is 0.00943. The van der Waals surface area contributed by atoms with Gasteiger partial charge in [0, 0.05) is 19.8 Å². The van der Waals surface area contributed by atoms with Gasteiger partial charge in [0.15, 0.2) is 0 Å². The minimum atomic E-state index is -1.35. The van der Waals surface area contributed by atoms with Crippen molar-refractivity contribution in [3.05, 3.63) is 172 Å². The summed E-state index contributed by atoms with van der Waals surface area (Å²) in [6, 6.07) is 39.1. The summed E-state index contributed by atoms with van der Waals surface area (Å²) in [7, 11) is 0. The number of benzene rings is 5. The van der Waals surface area contributed by atoms with Crippen molar-refractivity contribution in [3.8, 4) is 5.75 Å². The smallest absolute Gasteiger partial charge is 0.338 e. The maximum atomic E-state index is 13.6. The van der Waals surface area contributed by atoms with E-state index in [1.165, 1.54) is 12.5 Å². The second-order valence-electron chi connectivity index (χ2n) is 13.1. The first kappa shape index (κ1) is 38.5. The van der Waals surface area contributed by atoms with Crippen molar-refractivity contribution in [3.63, 3.8) is 0 Å². The molecular formula is C45H42O10. The van der Waals surface area contributed by atoms with Crippen LogP contribution in [0.25, 0.3) is 0 Å². The SMILES string of the molecule is CCc1ccc(Cc2ccc(COC(C)=O)cc2O[C@@H]2O[C@H](COC(=O)c3ccccc3)C[C@H](OC(=O)c3ccccc3)[C@H]2OC(=O)c2ccccc2)cc1. The van der Waals surface area contributed by atoms with Crippen molar-refractivity contribution in [1.82, 2.24) is 0 Å². The van der Waals surface area contributed by atoms with Gasteiger partial charge in [0.1, 0.15) is 25.1 Å². The Labute approximate surface area is 319 Å². The molecule has 10 nitrogen and oxygen atoms in total. The molecule has 0 unspecified atom stereocenters. The quantitative estimate of drug-likeness (QED) is 0.0826. The van der Waals surface area contributed by atoms with E-state index in [1.807, 2.05) is 24.3 Å². The Morgan fingerprint density at radius 2 is 1.18 bits per heavy atom. The van der Waals surface area contributed by atoms with E-state index in [0.717, 1.165) is 17.5 Å². The van der Waals surface area contributed by atoms with Gasteiger partial charge in [0.25, 0.3) is 0 Å². The van der Waals surface area contributed by atoms with Gasteiger partial charge in [0.05, 0.1) is 22.8 Å². The highest BCUT2D eigenvalue weighted by Gasteiger charge is 2.46. The number of esters is 4. The van der Waals surface area contributed by atoms with Crippen molar-refractivity contribution >= 4 is 23.9 Å². The second-order valence-corrected chi connectivity index (χ2v) is 13.1. The fraction of sp³-hybridized carbons (Fsp3) is 0.244. The first-order chi connectivity index (χ1) is 26.7. The lowest BCUT2D eigenvalue weighted by atomic mass is 10.00. The van der Waals surface area contributed by atoms with Gasteiger partial charge in [0.2, 0.25) is 12.4 Å². The molecular weight excluding hydrogens is 700 g/mol. The molecule has 1 heterocycles. The molecule has 5 aromatic rings. The number of aryl methyl sites for hydroxylation is 1. The standard InChI is InChI=1S/C45H42O10/c1-3-31-19-21-32(22-20-31)25-37-24-23-33(28-50-30(2)46)26-39(37)54-45-41(55-44(49)36-17-11-6-12-18-36)40(53-43(48)35-15-9-5-10-16-35)27-38(52-45)29-51-42(47)34-13-7-4-8-14-34/h4-24,26,38,40-41,45H,3,25,27-29H2,1-2H3/t38-,40-,41+,45-/m0/s1. The summed E-state index contributed by atoms with van der Waals surface area (Å²) in [5.41, 5.74) is 4.55. The fourth-order valence-electron chi connectivity index (χ4n) is 6.08. The molecule has 10 heteroatoms. The molecule has 1 saturated heterocycles. The summed E-state index contributed by atoms with van der Waals surface area (Å²) < 4.78 is 36.3. The lowest BCUT2D eigenvalue weighted by molar-refractivity contribution is -0.240. The molecule has 0 aromatic heterocycles. The molecule has 0 N–H and O–H groups in total. The van der Waals surface area contributed by atoms with E-state index in [-0.39, 0.29) is 25.2 Å². The van der Waals surface area contributed by atoms with Crippen LogP contribution in [0.3, 0.4) is 0 Å². The molecule has 0 bridgehead atoms. The minimum Gasteiger partial charge on any atom is -0.461 e. The van der Waals surface area contributed by atoms with E-state index in [4.69, 9.17) is 28.4 Å². The molecule has 0 saturated carbocycles. The van der Waals surface area contributed by atoms with Gasteiger partial charge in [-0.05, 0) is 71.1 Å². The summed E-state index contributed by atoms with van der Waals surface area (Å²) in [5.74, 6) is -1.97. The van der Waals surface area contributed by atoms with E-state index in [2.05, 4.69) is 19.1 Å². The number of ether oxygens (including phenoxy) is 6. The number of carbonyl (C=O) groups excluding carboxylic acids is 4. The van der Waals surface area contributed by atoms with Crippen LogP contribution in [0.1, 0.15) is 73.6 Å². The molecule has 1 fully saturated rings. The van der Waals surface area contributed by atoms with Crippen LogP contribution in [0, 0.1) is 0 Å². The van der Waals surface area contributed by atoms with Crippen LogP contribution in [0.15, 0.2) is 133 Å². The monoisotopic (exact) mass is 742 g/mol. The molecule has 4 atom stereocenters. The summed E-state index contributed by atoms with van der Waals surface area (Å²) in [6.45, 7) is 3.20. The van der Waals surface area contributed by atoms with Crippen molar-refractivity contribution in [1.29, 1.82) is 0 Å². The van der Waals surface area contributed by atoms with Crippen molar-refractivity contribution in [2.24, 2.45) is 0 Å². The maximum absolute atomic E-state index is 13.6. The molecule has 0 radical (unpaired) electrons. The molecule has 0 spiro atoms. The van der Waals surface area contributed by atoms with Gasteiger partial charge in [-0.25, -0.2) is 14.4 Å². The van der Waals surface area contributed by atoms with E-state index < -0.39 is 48.5 Å². The molecule has 55 heavy (non-hydrogen) atoms. The third kappa shape index (κ3) is 10.7. The number of hydrogen-bond donors (Lipinski definition) is 0. The molecule has 1 aliphatic rings. The maximum Gasteiger partial charge on any atom is 0.338 e. The van der Waals surface area contributed by atoms with Crippen molar-refractivity contribution in [2.45, 2.75) is 64.3 Å². The van der Waals surface area contributed by atoms with Crippen LogP contribution in [0.4, 0.5) is 0 Å². The molecule has 5 aromatic carbocycles. The van der Waals surface area contributed by atoms with E-state index in [9.17, 15) is 19.2 Å². The van der Waals surface area contributed by atoms with Crippen LogP contribution in [-0.2, 0) is 47.9 Å². The molecule has 0 aliphatic carbocycles. The Bertz CT molecular complexity index is 2050. The van der Waals surface area contributed by atoms with Gasteiger partial charge < -0.3 is 28.4 Å². The van der Waals surface area contributed by atoms with Gasteiger partial charge in [-0.1, -0.05) is 97.9 Å². The molecule has 0 amide bonds. The average Bonchev–Trinajstić information content (AvgIpc) is 3.22. The lowest BCUT2D eigenvalue weighted by Crippen LogP contribution is -2.55. The van der Waals surface area contributed by atoms with Crippen molar-refractivity contribution in [2.75, 3.05) is 6.61 Å². The van der Waals surface area contributed by atoms with Gasteiger partial charge in [-0.3, -0.25) is 4.79 Å². The third-order valence-corrected chi connectivity index (χ3v) is 9.03. The number of carbonyl (C=O) groups is 4. The summed E-state index contributed by atoms with van der Waals surface area (Å²) in [5, 5.41) is 0. The van der Waals surface area contributed by atoms with Crippen LogP contribution in [0.5, 0.6) is 5.75 Å². The zero-order chi connectivity index (χ0) is 38.6. The Morgan fingerprint density at radius 3 is 1.76 bits per heavy atom. The van der Waals surface area contributed by atoms with Gasteiger partial charge >= 0.3 is 23.9 Å². The first-order valence-electron chi connectivity index (χ1n) is 18.1. The van der Waals surface area contributed by atoms with E-state index >= 15 is 0 Å². The van der Waals surface area contributed by atoms with Gasteiger partial charge in [-0.2, -0.15) is 0 Å². The first-order valence-corrected chi connectivity index (χ1v) is 18.1. The Balaban J connectivity index is 1.36. The zero-order valence-corrected chi connectivity index (χ0v) is 30.6. The fourth-order valence-corrected chi connectivity index (χ4v) is 6.08. The highest BCUT2D eigenvalue weighted by atomic mass is 16.7. The van der Waals surface area contributed by atoms with Crippen LogP contribution >= 0.6 is 0 Å². The van der Waals surface area contributed by atoms with Crippen molar-refractivity contribution < 1.29 is 47.6 Å². The number of hydrogen-bond acceptors (Lipinski definition) is 10.